The molecule has 0 atom stereocenters. The molecule has 1 aliphatic rings. The zero-order chi connectivity index (χ0) is 13.9. The number of nitrogens with zero attached hydrogens (tertiary/aromatic N) is 1. The van der Waals surface area contributed by atoms with Crippen LogP contribution >= 0.6 is 0 Å². The monoisotopic (exact) mass is 283 g/mol. The Morgan fingerprint density at radius 2 is 2.05 bits per heavy atom. The molecule has 0 saturated carbocycles. The molecule has 2 N–H and O–H groups in total. The number of nitrogens with one attached hydrogen (secondary N) is 2. The van der Waals surface area contributed by atoms with Crippen molar-refractivity contribution in [2.75, 3.05) is 13.1 Å². The van der Waals surface area contributed by atoms with Crippen molar-refractivity contribution < 1.29 is 12.8 Å². The highest BCUT2D eigenvalue weighted by Crippen LogP contribution is 2.19. The first-order valence-electron chi connectivity index (χ1n) is 5.96. The van der Waals surface area contributed by atoms with Crippen LogP contribution in [0.15, 0.2) is 23.1 Å². The first kappa shape index (κ1) is 13.9. The van der Waals surface area contributed by atoms with E-state index in [2.05, 4.69) is 10.0 Å². The lowest BCUT2D eigenvalue weighted by molar-refractivity contribution is 0.427. The van der Waals surface area contributed by atoms with Gasteiger partial charge in [-0.05, 0) is 38.1 Å². The summed E-state index contributed by atoms with van der Waals surface area (Å²) in [6.45, 7) is 1.48. The van der Waals surface area contributed by atoms with Gasteiger partial charge >= 0.3 is 0 Å². The van der Waals surface area contributed by atoms with Gasteiger partial charge in [-0.25, -0.2) is 17.5 Å². The molecule has 1 heterocycles. The molecule has 102 valence electrons. The van der Waals surface area contributed by atoms with Gasteiger partial charge in [0.15, 0.2) is 0 Å². The van der Waals surface area contributed by atoms with Gasteiger partial charge < -0.3 is 5.32 Å². The van der Waals surface area contributed by atoms with Crippen molar-refractivity contribution in [2.45, 2.75) is 23.8 Å². The Morgan fingerprint density at radius 3 is 2.68 bits per heavy atom. The summed E-state index contributed by atoms with van der Waals surface area (Å²) >= 11 is 0. The van der Waals surface area contributed by atoms with Crippen LogP contribution in [0.2, 0.25) is 0 Å². The molecule has 0 radical (unpaired) electrons. The van der Waals surface area contributed by atoms with E-state index < -0.39 is 21.4 Å². The van der Waals surface area contributed by atoms with Crippen molar-refractivity contribution in [1.82, 2.24) is 10.0 Å². The summed E-state index contributed by atoms with van der Waals surface area (Å²) in [6.07, 6.45) is 1.35. The average Bonchev–Trinajstić information content (AvgIpc) is 2.39. The van der Waals surface area contributed by atoms with Crippen LogP contribution in [0.3, 0.4) is 0 Å². The Bertz CT molecular complexity index is 604. The molecule has 5 nitrogen and oxygen atoms in total. The molecular weight excluding hydrogens is 269 g/mol. The summed E-state index contributed by atoms with van der Waals surface area (Å²) in [5.74, 6) is -0.823. The zero-order valence-electron chi connectivity index (χ0n) is 10.2. The van der Waals surface area contributed by atoms with Gasteiger partial charge in [0.05, 0.1) is 0 Å². The van der Waals surface area contributed by atoms with Crippen LogP contribution in [-0.4, -0.2) is 27.5 Å². The maximum absolute atomic E-state index is 13.4. The number of rotatable bonds is 3. The molecule has 0 aliphatic carbocycles. The molecule has 19 heavy (non-hydrogen) atoms. The summed E-state index contributed by atoms with van der Waals surface area (Å²) < 4.78 is 40.3. The van der Waals surface area contributed by atoms with E-state index in [0.717, 1.165) is 19.2 Å². The Hall–Kier alpha value is -1.49. The van der Waals surface area contributed by atoms with Gasteiger partial charge in [-0.3, -0.25) is 0 Å². The minimum Gasteiger partial charge on any atom is -0.317 e. The van der Waals surface area contributed by atoms with E-state index in [1.165, 1.54) is 12.1 Å². The van der Waals surface area contributed by atoms with E-state index in [1.54, 1.807) is 6.07 Å². The Kier molecular flexibility index (Phi) is 4.14. The topological polar surface area (TPSA) is 82.0 Å². The maximum atomic E-state index is 13.4. The van der Waals surface area contributed by atoms with Crippen LogP contribution in [0.5, 0.6) is 0 Å². The Balaban J connectivity index is 2.29. The molecule has 0 amide bonds. The van der Waals surface area contributed by atoms with Crippen molar-refractivity contribution in [2.24, 2.45) is 0 Å². The van der Waals surface area contributed by atoms with Crippen molar-refractivity contribution in [3.63, 3.8) is 0 Å². The lowest BCUT2D eigenvalue weighted by atomic mass is 10.1. The third-order valence-electron chi connectivity index (χ3n) is 3.04. The largest absolute Gasteiger partial charge is 0.317 e. The number of hydrogen-bond donors (Lipinski definition) is 2. The van der Waals surface area contributed by atoms with E-state index in [-0.39, 0.29) is 10.9 Å². The van der Waals surface area contributed by atoms with Gasteiger partial charge in [-0.1, -0.05) is 6.07 Å². The quantitative estimate of drug-likeness (QED) is 0.856. The first-order valence-corrected chi connectivity index (χ1v) is 7.44. The van der Waals surface area contributed by atoms with Crippen molar-refractivity contribution in [3.8, 4) is 6.07 Å². The third kappa shape index (κ3) is 3.10. The molecule has 0 bridgehead atoms. The Morgan fingerprint density at radius 1 is 1.37 bits per heavy atom. The second-order valence-electron chi connectivity index (χ2n) is 4.37. The first-order chi connectivity index (χ1) is 9.04. The lowest BCUT2D eigenvalue weighted by Crippen LogP contribution is -2.42. The normalized spacial score (nSPS) is 17.1. The fraction of sp³-hybridized carbons (Fsp3) is 0.417. The highest BCUT2D eigenvalue weighted by Gasteiger charge is 2.25. The molecule has 1 aromatic rings. The minimum absolute atomic E-state index is 0.180. The highest BCUT2D eigenvalue weighted by molar-refractivity contribution is 7.89. The van der Waals surface area contributed by atoms with Crippen LogP contribution in [0.25, 0.3) is 0 Å². The predicted octanol–water partition coefficient (Wildman–Crippen LogP) is 0.728. The molecular formula is C12H14FN3O2S. The second kappa shape index (κ2) is 5.65. The number of sulfonamides is 1. The summed E-state index contributed by atoms with van der Waals surface area (Å²) in [5, 5.41) is 12.0. The Labute approximate surface area is 111 Å². The average molecular weight is 283 g/mol. The van der Waals surface area contributed by atoms with Gasteiger partial charge in [0.1, 0.15) is 22.3 Å². The predicted molar refractivity (Wildman–Crippen MR) is 67.3 cm³/mol. The minimum atomic E-state index is -3.87. The van der Waals surface area contributed by atoms with Crippen LogP contribution in [0.1, 0.15) is 18.4 Å². The van der Waals surface area contributed by atoms with Gasteiger partial charge in [0.25, 0.3) is 0 Å². The van der Waals surface area contributed by atoms with Gasteiger partial charge in [0, 0.05) is 6.04 Å². The fourth-order valence-corrected chi connectivity index (χ4v) is 3.53. The molecule has 0 unspecified atom stereocenters. The smallest absolute Gasteiger partial charge is 0.242 e. The number of halogens is 1. The van der Waals surface area contributed by atoms with Crippen molar-refractivity contribution in [1.29, 1.82) is 5.26 Å². The number of nitriles is 1. The van der Waals surface area contributed by atoms with Gasteiger partial charge in [0.2, 0.25) is 10.0 Å². The molecule has 0 aromatic heterocycles. The lowest BCUT2D eigenvalue weighted by Gasteiger charge is -2.23. The standard InChI is InChI=1S/C12H14FN3O2S/c13-11-2-1-3-12(10(11)8-14)19(17,18)16-9-4-6-15-7-5-9/h1-3,9,15-16H,4-7H2. The summed E-state index contributed by atoms with van der Waals surface area (Å²) in [7, 11) is -3.87. The number of hydrogen-bond acceptors (Lipinski definition) is 4. The van der Waals surface area contributed by atoms with E-state index >= 15 is 0 Å². The van der Waals surface area contributed by atoms with Crippen molar-refractivity contribution >= 4 is 10.0 Å². The van der Waals surface area contributed by atoms with Crippen LogP contribution in [-0.2, 0) is 10.0 Å². The molecule has 0 spiro atoms. The molecule has 7 heteroatoms. The van der Waals surface area contributed by atoms with Gasteiger partial charge in [-0.2, -0.15) is 5.26 Å². The van der Waals surface area contributed by atoms with E-state index in [0.29, 0.717) is 12.8 Å². The van der Waals surface area contributed by atoms with E-state index in [9.17, 15) is 12.8 Å². The van der Waals surface area contributed by atoms with Crippen molar-refractivity contribution in [3.05, 3.63) is 29.6 Å². The third-order valence-corrected chi connectivity index (χ3v) is 4.60. The molecule has 2 rings (SSSR count). The highest BCUT2D eigenvalue weighted by atomic mass is 32.2. The SMILES string of the molecule is N#Cc1c(F)cccc1S(=O)(=O)NC1CCNCC1. The maximum Gasteiger partial charge on any atom is 0.242 e. The summed E-state index contributed by atoms with van der Waals surface area (Å²) in [4.78, 5) is -0.298. The van der Waals surface area contributed by atoms with E-state index in [4.69, 9.17) is 5.26 Å². The second-order valence-corrected chi connectivity index (χ2v) is 6.05. The molecule has 1 fully saturated rings. The summed E-state index contributed by atoms with van der Waals surface area (Å²) in [5.41, 5.74) is -0.441. The van der Waals surface area contributed by atoms with Gasteiger partial charge in [-0.15, -0.1) is 0 Å². The van der Waals surface area contributed by atoms with E-state index in [1.807, 2.05) is 0 Å². The van der Waals surface area contributed by atoms with Crippen LogP contribution in [0.4, 0.5) is 4.39 Å². The number of benzene rings is 1. The number of piperidine rings is 1. The van der Waals surface area contributed by atoms with Crippen LogP contribution < -0.4 is 10.0 Å². The summed E-state index contributed by atoms with van der Waals surface area (Å²) in [6, 6.07) is 5.02. The molecule has 1 aromatic carbocycles. The molecule has 1 saturated heterocycles. The van der Waals surface area contributed by atoms with Crippen LogP contribution in [0, 0.1) is 17.1 Å². The zero-order valence-corrected chi connectivity index (χ0v) is 11.0. The fourth-order valence-electron chi connectivity index (χ4n) is 2.06. The molecule has 1 aliphatic heterocycles.